The molecule has 0 bridgehead atoms. The van der Waals surface area contributed by atoms with Crippen molar-refractivity contribution in [3.8, 4) is 0 Å². The molecule has 34 heavy (non-hydrogen) atoms. The third-order valence-electron chi connectivity index (χ3n) is 6.52. The second-order valence-corrected chi connectivity index (χ2v) is 9.46. The fourth-order valence-corrected chi connectivity index (χ4v) is 5.10. The fourth-order valence-electron chi connectivity index (χ4n) is 4.79. The Hall–Kier alpha value is -3.15. The molecule has 1 saturated heterocycles. The zero-order chi connectivity index (χ0) is 23.8. The lowest BCUT2D eigenvalue weighted by atomic mass is 9.88. The van der Waals surface area contributed by atoms with Crippen molar-refractivity contribution in [3.05, 3.63) is 104 Å². The smallest absolute Gasteiger partial charge is 0.295 e. The molecule has 7 heteroatoms. The number of halogens is 2. The molecule has 0 radical (unpaired) electrons. The first-order chi connectivity index (χ1) is 16.4. The summed E-state index contributed by atoms with van der Waals surface area (Å²) in [6, 6.07) is 13.5. The third-order valence-corrected chi connectivity index (χ3v) is 7.26. The van der Waals surface area contributed by atoms with Crippen LogP contribution in [0, 0.1) is 0 Å². The number of carbonyl (C=O) groups is 2. The van der Waals surface area contributed by atoms with Gasteiger partial charge in [-0.05, 0) is 78.3 Å². The summed E-state index contributed by atoms with van der Waals surface area (Å²) in [4.78, 5) is 31.9. The number of benzene rings is 2. The number of aliphatic hydroxyl groups is 1. The van der Waals surface area contributed by atoms with E-state index in [4.69, 9.17) is 23.2 Å². The predicted molar refractivity (Wildman–Crippen MR) is 132 cm³/mol. The summed E-state index contributed by atoms with van der Waals surface area (Å²) in [5.74, 6) is -1.58. The number of nitrogens with zero attached hydrogens (tertiary/aromatic N) is 2. The lowest BCUT2D eigenvalue weighted by Gasteiger charge is -2.26. The standard InChI is InChI=1S/C27H22Cl2N2O3/c28-21-8-7-19(14-22(21)29)24-23(25(32)20-6-5-17-3-1-2-4-18(17)13-20)26(33)27(34)31(24)15-16-9-11-30-12-10-16/h5-14,24,32H,1-4,15H2/b25-23-. The van der Waals surface area contributed by atoms with Crippen LogP contribution in [0.1, 0.15) is 46.7 Å². The lowest BCUT2D eigenvalue weighted by molar-refractivity contribution is -0.140. The number of rotatable bonds is 4. The first kappa shape index (κ1) is 22.6. The summed E-state index contributed by atoms with van der Waals surface area (Å²) in [5.41, 5.74) is 4.44. The first-order valence-electron chi connectivity index (χ1n) is 11.2. The average molecular weight is 493 g/mol. The van der Waals surface area contributed by atoms with E-state index in [0.29, 0.717) is 21.2 Å². The van der Waals surface area contributed by atoms with Gasteiger partial charge in [0, 0.05) is 24.5 Å². The van der Waals surface area contributed by atoms with Crippen LogP contribution in [-0.2, 0) is 29.0 Å². The number of pyridine rings is 1. The summed E-state index contributed by atoms with van der Waals surface area (Å²) < 4.78 is 0. The van der Waals surface area contributed by atoms with Gasteiger partial charge in [-0.25, -0.2) is 0 Å². The molecule has 1 aliphatic carbocycles. The minimum absolute atomic E-state index is 0.0493. The van der Waals surface area contributed by atoms with Gasteiger partial charge in [-0.15, -0.1) is 0 Å². The number of hydrogen-bond acceptors (Lipinski definition) is 4. The Morgan fingerprint density at radius 1 is 0.941 bits per heavy atom. The van der Waals surface area contributed by atoms with Crippen molar-refractivity contribution in [1.82, 2.24) is 9.88 Å². The van der Waals surface area contributed by atoms with Gasteiger partial charge in [0.25, 0.3) is 11.7 Å². The molecule has 1 atom stereocenters. The lowest BCUT2D eigenvalue weighted by Crippen LogP contribution is -2.29. The summed E-state index contributed by atoms with van der Waals surface area (Å²) in [7, 11) is 0. The molecule has 1 aliphatic heterocycles. The average Bonchev–Trinajstić information content (AvgIpc) is 3.10. The van der Waals surface area contributed by atoms with Gasteiger partial charge >= 0.3 is 0 Å². The van der Waals surface area contributed by atoms with Crippen LogP contribution in [0.2, 0.25) is 10.0 Å². The van der Waals surface area contributed by atoms with Crippen LogP contribution in [0.5, 0.6) is 0 Å². The quantitative estimate of drug-likeness (QED) is 0.280. The largest absolute Gasteiger partial charge is 0.507 e. The minimum atomic E-state index is -0.807. The monoisotopic (exact) mass is 492 g/mol. The van der Waals surface area contributed by atoms with E-state index in [9.17, 15) is 14.7 Å². The van der Waals surface area contributed by atoms with Crippen molar-refractivity contribution in [2.24, 2.45) is 0 Å². The summed E-state index contributed by atoms with van der Waals surface area (Å²) in [6.07, 6.45) is 7.45. The van der Waals surface area contributed by atoms with Crippen LogP contribution >= 0.6 is 23.2 Å². The number of Topliss-reactive ketones (excluding diaryl/α,β-unsaturated/α-hetero) is 1. The highest BCUT2D eigenvalue weighted by Crippen LogP contribution is 2.42. The molecule has 5 nitrogen and oxygen atoms in total. The van der Waals surface area contributed by atoms with Crippen LogP contribution in [-0.4, -0.2) is 26.7 Å². The summed E-state index contributed by atoms with van der Waals surface area (Å²) in [5, 5.41) is 12.0. The van der Waals surface area contributed by atoms with E-state index in [-0.39, 0.29) is 17.9 Å². The first-order valence-corrected chi connectivity index (χ1v) is 11.9. The molecule has 1 aromatic heterocycles. The highest BCUT2D eigenvalue weighted by Gasteiger charge is 2.46. The Morgan fingerprint density at radius 2 is 1.68 bits per heavy atom. The zero-order valence-corrected chi connectivity index (χ0v) is 19.8. The van der Waals surface area contributed by atoms with Gasteiger partial charge in [0.2, 0.25) is 0 Å². The van der Waals surface area contributed by atoms with Gasteiger partial charge in [-0.3, -0.25) is 14.6 Å². The molecule has 1 amide bonds. The van der Waals surface area contributed by atoms with Gasteiger partial charge in [0.15, 0.2) is 0 Å². The van der Waals surface area contributed by atoms with E-state index in [1.165, 1.54) is 16.0 Å². The number of fused-ring (bicyclic) bond motifs is 1. The van der Waals surface area contributed by atoms with Crippen molar-refractivity contribution in [1.29, 1.82) is 0 Å². The zero-order valence-electron chi connectivity index (χ0n) is 18.3. The summed E-state index contributed by atoms with van der Waals surface area (Å²) in [6.45, 7) is 0.180. The topological polar surface area (TPSA) is 70.5 Å². The second-order valence-electron chi connectivity index (χ2n) is 8.65. The Kier molecular flexibility index (Phi) is 6.15. The van der Waals surface area contributed by atoms with Gasteiger partial charge < -0.3 is 10.0 Å². The van der Waals surface area contributed by atoms with E-state index in [2.05, 4.69) is 4.98 Å². The molecule has 3 aromatic rings. The molecule has 5 rings (SSSR count). The number of likely N-dealkylation sites (tertiary alicyclic amines) is 1. The van der Waals surface area contributed by atoms with E-state index in [1.807, 2.05) is 18.2 Å². The normalized spacial score (nSPS) is 19.4. The fraction of sp³-hybridized carbons (Fsp3) is 0.222. The Bertz CT molecular complexity index is 1320. The van der Waals surface area contributed by atoms with Gasteiger partial charge in [-0.1, -0.05) is 41.4 Å². The molecular weight excluding hydrogens is 471 g/mol. The van der Waals surface area contributed by atoms with E-state index in [0.717, 1.165) is 31.2 Å². The Morgan fingerprint density at radius 3 is 2.41 bits per heavy atom. The van der Waals surface area contributed by atoms with E-state index < -0.39 is 17.7 Å². The number of aromatic nitrogens is 1. The highest BCUT2D eigenvalue weighted by molar-refractivity contribution is 6.46. The molecule has 1 fully saturated rings. The molecule has 1 N–H and O–H groups in total. The number of aryl methyl sites for hydroxylation is 2. The molecule has 2 aromatic carbocycles. The van der Waals surface area contributed by atoms with Crippen molar-refractivity contribution < 1.29 is 14.7 Å². The molecule has 1 unspecified atom stereocenters. The molecule has 2 heterocycles. The van der Waals surface area contributed by atoms with E-state index >= 15 is 0 Å². The van der Waals surface area contributed by atoms with Gasteiger partial charge in [0.1, 0.15) is 5.76 Å². The number of aliphatic hydroxyl groups excluding tert-OH is 1. The Labute approximate surface area is 207 Å². The predicted octanol–water partition coefficient (Wildman–Crippen LogP) is 5.89. The number of ketones is 1. The number of carbonyl (C=O) groups excluding carboxylic acids is 2. The molecule has 0 saturated carbocycles. The van der Waals surface area contributed by atoms with Crippen molar-refractivity contribution in [3.63, 3.8) is 0 Å². The Balaban J connectivity index is 1.65. The van der Waals surface area contributed by atoms with Gasteiger partial charge in [-0.2, -0.15) is 0 Å². The van der Waals surface area contributed by atoms with Gasteiger partial charge in [0.05, 0.1) is 21.7 Å². The maximum Gasteiger partial charge on any atom is 0.295 e. The second kappa shape index (κ2) is 9.24. The SMILES string of the molecule is O=C1C(=O)N(Cc2ccncc2)C(c2ccc(Cl)c(Cl)c2)/C1=C(/O)c1ccc2c(c1)CCCC2. The van der Waals surface area contributed by atoms with Crippen LogP contribution in [0.25, 0.3) is 5.76 Å². The van der Waals surface area contributed by atoms with Crippen molar-refractivity contribution in [2.45, 2.75) is 38.3 Å². The van der Waals surface area contributed by atoms with Crippen LogP contribution in [0.3, 0.4) is 0 Å². The highest BCUT2D eigenvalue weighted by atomic mass is 35.5. The van der Waals surface area contributed by atoms with Crippen molar-refractivity contribution in [2.75, 3.05) is 0 Å². The molecule has 172 valence electrons. The maximum absolute atomic E-state index is 13.3. The number of amides is 1. The third kappa shape index (κ3) is 4.10. The molecule has 2 aliphatic rings. The van der Waals surface area contributed by atoms with Crippen LogP contribution in [0.4, 0.5) is 0 Å². The maximum atomic E-state index is 13.3. The van der Waals surface area contributed by atoms with Crippen LogP contribution < -0.4 is 0 Å². The molecule has 0 spiro atoms. The minimum Gasteiger partial charge on any atom is -0.507 e. The number of hydrogen-bond donors (Lipinski definition) is 1. The molecular formula is C27H22Cl2N2O3. The van der Waals surface area contributed by atoms with Crippen molar-refractivity contribution >= 4 is 40.7 Å². The summed E-state index contributed by atoms with van der Waals surface area (Å²) >= 11 is 12.4. The van der Waals surface area contributed by atoms with Crippen LogP contribution in [0.15, 0.2) is 66.5 Å². The van der Waals surface area contributed by atoms with E-state index in [1.54, 1.807) is 42.7 Å².